The Balaban J connectivity index is 1.76. The number of thioether (sulfide) groups is 1. The van der Waals surface area contributed by atoms with Crippen molar-refractivity contribution in [2.75, 3.05) is 36.3 Å². The van der Waals surface area contributed by atoms with Crippen molar-refractivity contribution in [3.8, 4) is 6.07 Å². The second-order valence-electron chi connectivity index (χ2n) is 6.68. The number of hydrogen-bond donors (Lipinski definition) is 0. The maximum Gasteiger partial charge on any atom is 0.398 e. The maximum absolute atomic E-state index is 12.7. The van der Waals surface area contributed by atoms with Crippen molar-refractivity contribution < 1.29 is 27.5 Å². The highest BCUT2D eigenvalue weighted by molar-refractivity contribution is 7.99. The van der Waals surface area contributed by atoms with Gasteiger partial charge in [0.15, 0.2) is 6.61 Å². The van der Waals surface area contributed by atoms with Crippen LogP contribution in [0.25, 0.3) is 0 Å². The fraction of sp³-hybridized carbons (Fsp3) is 0.238. The highest BCUT2D eigenvalue weighted by atomic mass is 32.2. The molecular formula is C21H17F3N4O3S. The first-order chi connectivity index (χ1) is 15.1. The topological polar surface area (TPSA) is 86.5 Å². The number of fused-ring (bicyclic) bond motifs is 1. The highest BCUT2D eigenvalue weighted by Crippen LogP contribution is 2.40. The molecule has 0 saturated carbocycles. The summed E-state index contributed by atoms with van der Waals surface area (Å²) in [5.74, 6) is -2.64. The minimum absolute atomic E-state index is 0.160. The third-order valence-electron chi connectivity index (χ3n) is 4.55. The van der Waals surface area contributed by atoms with Crippen LogP contribution in [0.4, 0.5) is 24.5 Å². The number of ketones is 1. The quantitative estimate of drug-likeness (QED) is 0.278. The lowest BCUT2D eigenvalue weighted by molar-refractivity contribution is -0.118. The van der Waals surface area contributed by atoms with Gasteiger partial charge >= 0.3 is 12.1 Å². The van der Waals surface area contributed by atoms with E-state index < -0.39 is 30.3 Å². The molecule has 1 aliphatic rings. The van der Waals surface area contributed by atoms with E-state index in [1.54, 1.807) is 23.9 Å². The van der Waals surface area contributed by atoms with Gasteiger partial charge in [0.2, 0.25) is 5.78 Å². The van der Waals surface area contributed by atoms with Gasteiger partial charge in [-0.05, 0) is 24.3 Å². The second-order valence-corrected chi connectivity index (χ2v) is 7.64. The molecule has 166 valence electrons. The number of rotatable bonds is 6. The first-order valence-corrected chi connectivity index (χ1v) is 10.2. The molecule has 0 unspecified atom stereocenters. The third kappa shape index (κ3) is 4.86. The van der Waals surface area contributed by atoms with Crippen molar-refractivity contribution in [2.45, 2.75) is 11.2 Å². The molecule has 3 rings (SSSR count). The number of aromatic nitrogens is 1. The van der Waals surface area contributed by atoms with Crippen LogP contribution in [0.15, 0.2) is 59.0 Å². The monoisotopic (exact) mass is 462 g/mol. The largest absolute Gasteiger partial charge is 0.454 e. The van der Waals surface area contributed by atoms with Crippen molar-refractivity contribution in [1.82, 2.24) is 4.98 Å². The van der Waals surface area contributed by atoms with E-state index in [-0.39, 0.29) is 16.2 Å². The number of halogens is 3. The molecular weight excluding hydrogens is 445 g/mol. The predicted molar refractivity (Wildman–Crippen MR) is 112 cm³/mol. The number of esters is 1. The molecule has 1 aliphatic heterocycles. The number of benzene rings is 1. The average molecular weight is 462 g/mol. The van der Waals surface area contributed by atoms with E-state index >= 15 is 0 Å². The summed E-state index contributed by atoms with van der Waals surface area (Å²) in [6.07, 6.45) is -3.19. The number of Topliss-reactive ketones (excluding diaryl/α,β-unsaturated/α-hetero) is 1. The van der Waals surface area contributed by atoms with Crippen molar-refractivity contribution in [1.29, 1.82) is 5.26 Å². The molecule has 2 aromatic rings. The molecule has 0 radical (unpaired) electrons. The lowest BCUT2D eigenvalue weighted by Gasteiger charge is -2.19. The number of para-hydroxylation sites is 2. The molecule has 0 fully saturated rings. The number of nitrogens with zero attached hydrogens (tertiary/aromatic N) is 4. The van der Waals surface area contributed by atoms with Crippen LogP contribution >= 0.6 is 11.8 Å². The lowest BCUT2D eigenvalue weighted by atomic mass is 10.2. The zero-order valence-corrected chi connectivity index (χ0v) is 17.8. The van der Waals surface area contributed by atoms with E-state index in [2.05, 4.69) is 4.98 Å². The lowest BCUT2D eigenvalue weighted by Crippen LogP contribution is -2.28. The zero-order valence-electron chi connectivity index (χ0n) is 17.0. The molecule has 1 aromatic carbocycles. The summed E-state index contributed by atoms with van der Waals surface area (Å²) >= 11 is 0.344. The summed E-state index contributed by atoms with van der Waals surface area (Å²) in [6.45, 7) is -0.748. The van der Waals surface area contributed by atoms with Crippen LogP contribution in [0.3, 0.4) is 0 Å². The van der Waals surface area contributed by atoms with E-state index in [1.165, 1.54) is 18.3 Å². The number of anilines is 2. The van der Waals surface area contributed by atoms with E-state index in [0.29, 0.717) is 17.6 Å². The fourth-order valence-corrected chi connectivity index (χ4v) is 3.89. The number of ether oxygens (including phenoxy) is 1. The molecule has 0 saturated heterocycles. The maximum atomic E-state index is 12.7. The Morgan fingerprint density at radius 3 is 2.31 bits per heavy atom. The summed E-state index contributed by atoms with van der Waals surface area (Å²) in [6, 6.07) is 11.8. The molecule has 0 N–H and O–H groups in total. The molecule has 0 bridgehead atoms. The van der Waals surface area contributed by atoms with Gasteiger partial charge in [-0.3, -0.25) is 4.79 Å². The number of carbonyl (C=O) groups is 2. The van der Waals surface area contributed by atoms with Gasteiger partial charge < -0.3 is 14.5 Å². The van der Waals surface area contributed by atoms with Gasteiger partial charge in [-0.15, -0.1) is 0 Å². The molecule has 7 nitrogen and oxygen atoms in total. The van der Waals surface area contributed by atoms with Gasteiger partial charge in [-0.1, -0.05) is 23.9 Å². The first kappa shape index (κ1) is 23.1. The molecule has 1 aromatic heterocycles. The molecule has 32 heavy (non-hydrogen) atoms. The van der Waals surface area contributed by atoms with Crippen LogP contribution in [0.5, 0.6) is 0 Å². The third-order valence-corrected chi connectivity index (χ3v) is 5.62. The molecule has 11 heteroatoms. The Morgan fingerprint density at radius 2 is 1.75 bits per heavy atom. The minimum atomic E-state index is -4.44. The smallest absolute Gasteiger partial charge is 0.398 e. The molecule has 0 aliphatic carbocycles. The Hall–Kier alpha value is -3.52. The molecule has 2 heterocycles. The van der Waals surface area contributed by atoms with Crippen LogP contribution in [-0.4, -0.2) is 49.4 Å². The molecule has 0 atom stereocenters. The van der Waals surface area contributed by atoms with Crippen LogP contribution in [0, 0.1) is 11.3 Å². The van der Waals surface area contributed by atoms with E-state index in [4.69, 9.17) is 4.74 Å². The van der Waals surface area contributed by atoms with Gasteiger partial charge in [-0.25, -0.2) is 9.78 Å². The summed E-state index contributed by atoms with van der Waals surface area (Å²) in [5, 5.41) is 9.44. The fourth-order valence-electron chi connectivity index (χ4n) is 3.15. The highest BCUT2D eigenvalue weighted by Gasteiger charge is 2.32. The summed E-state index contributed by atoms with van der Waals surface area (Å²) in [4.78, 5) is 32.3. The standard InChI is InChI=1S/C21H17F3N4O3S/c1-27-15-7-3-4-8-16(15)28(2)19(27)14(10-25)17(29)11-31-20(30)13-6-5-9-26-18(13)32-12-21(22,23)24/h3-9H,11-12H2,1-2H3. The van der Waals surface area contributed by atoms with Gasteiger partial charge in [0.05, 0.1) is 22.7 Å². The van der Waals surface area contributed by atoms with Gasteiger partial charge in [0.25, 0.3) is 0 Å². The van der Waals surface area contributed by atoms with Crippen LogP contribution in [-0.2, 0) is 9.53 Å². The number of alkyl halides is 3. The van der Waals surface area contributed by atoms with Gasteiger partial charge in [0, 0.05) is 20.3 Å². The summed E-state index contributed by atoms with van der Waals surface area (Å²) < 4.78 is 42.5. The predicted octanol–water partition coefficient (Wildman–Crippen LogP) is 3.78. The van der Waals surface area contributed by atoms with Crippen LogP contribution in [0.1, 0.15) is 10.4 Å². The van der Waals surface area contributed by atoms with Crippen molar-refractivity contribution in [3.05, 3.63) is 59.6 Å². The number of nitriles is 1. The first-order valence-electron chi connectivity index (χ1n) is 9.19. The Labute approximate surface area is 186 Å². The average Bonchev–Trinajstić information content (AvgIpc) is 3.02. The number of pyridine rings is 1. The molecule has 0 amide bonds. The molecule has 0 spiro atoms. The summed E-state index contributed by atoms with van der Waals surface area (Å²) in [7, 11) is 3.40. The summed E-state index contributed by atoms with van der Waals surface area (Å²) in [5.41, 5.74) is 1.19. The van der Waals surface area contributed by atoms with Crippen molar-refractivity contribution >= 4 is 34.9 Å². The van der Waals surface area contributed by atoms with E-state index in [1.807, 2.05) is 30.3 Å². The van der Waals surface area contributed by atoms with E-state index in [9.17, 15) is 28.0 Å². The Morgan fingerprint density at radius 1 is 1.12 bits per heavy atom. The van der Waals surface area contributed by atoms with Crippen LogP contribution < -0.4 is 9.80 Å². The van der Waals surface area contributed by atoms with Crippen molar-refractivity contribution in [3.63, 3.8) is 0 Å². The number of carbonyl (C=O) groups excluding carboxylic acids is 2. The number of hydrogen-bond acceptors (Lipinski definition) is 8. The second kappa shape index (κ2) is 9.32. The SMILES string of the molecule is CN1C(=C(C#N)C(=O)COC(=O)c2cccnc2SCC(F)(F)F)N(C)c2ccccc21. The van der Waals surface area contributed by atoms with E-state index in [0.717, 1.165) is 11.4 Å². The Kier molecular flexibility index (Phi) is 6.74. The van der Waals surface area contributed by atoms with Crippen molar-refractivity contribution in [2.24, 2.45) is 0 Å². The Bertz CT molecular complexity index is 1100. The van der Waals surface area contributed by atoms with Gasteiger partial charge in [-0.2, -0.15) is 18.4 Å². The normalized spacial score (nSPS) is 12.9. The van der Waals surface area contributed by atoms with Gasteiger partial charge in [0.1, 0.15) is 22.5 Å². The van der Waals surface area contributed by atoms with Crippen LogP contribution in [0.2, 0.25) is 0 Å². The minimum Gasteiger partial charge on any atom is -0.454 e. The zero-order chi connectivity index (χ0) is 23.5.